The second-order valence-corrected chi connectivity index (χ2v) is 7.28. The Morgan fingerprint density at radius 2 is 1.58 bits per heavy atom. The van der Waals surface area contributed by atoms with Crippen molar-refractivity contribution < 1.29 is 21.6 Å². The molecule has 0 aliphatic rings. The van der Waals surface area contributed by atoms with Gasteiger partial charge in [0.2, 0.25) is 10.0 Å². The summed E-state index contributed by atoms with van der Waals surface area (Å²) in [6, 6.07) is 11.3. The van der Waals surface area contributed by atoms with Crippen LogP contribution >= 0.6 is 11.6 Å². The number of hydrogen-bond donors (Lipinski definition) is 2. The molecular weight excluding hydrogens is 391 g/mol. The maximum atomic E-state index is 13.5. The van der Waals surface area contributed by atoms with Gasteiger partial charge in [0, 0.05) is 21.7 Å². The molecule has 3 N–H and O–H groups in total. The predicted octanol–water partition coefficient (Wildman–Crippen LogP) is 4.06. The van der Waals surface area contributed by atoms with Gasteiger partial charge in [0.05, 0.1) is 4.90 Å². The fraction of sp³-hybridized carbons (Fsp3) is 0.0625. The number of halogens is 4. The first-order valence-electron chi connectivity index (χ1n) is 7.13. The van der Waals surface area contributed by atoms with Crippen molar-refractivity contribution in [2.45, 2.75) is 11.1 Å². The normalized spacial score (nSPS) is 12.3. The van der Waals surface area contributed by atoms with Crippen LogP contribution in [0.3, 0.4) is 0 Å². The van der Waals surface area contributed by atoms with Gasteiger partial charge in [0.15, 0.2) is 0 Å². The van der Waals surface area contributed by atoms with E-state index in [1.807, 2.05) is 5.10 Å². The molecule has 0 unspecified atom stereocenters. The number of rotatable bonds is 3. The first kappa shape index (κ1) is 18.4. The van der Waals surface area contributed by atoms with Crippen LogP contribution in [-0.4, -0.2) is 18.6 Å². The van der Waals surface area contributed by atoms with E-state index >= 15 is 0 Å². The molecule has 136 valence electrons. The summed E-state index contributed by atoms with van der Waals surface area (Å²) in [6.45, 7) is 0. The highest BCUT2D eigenvalue weighted by Crippen LogP contribution is 2.44. The first-order valence-corrected chi connectivity index (χ1v) is 9.06. The van der Waals surface area contributed by atoms with E-state index in [0.717, 1.165) is 0 Å². The number of nitrogens with two attached hydrogens (primary N) is 1. The van der Waals surface area contributed by atoms with Gasteiger partial charge in [-0.05, 0) is 12.1 Å². The van der Waals surface area contributed by atoms with Gasteiger partial charge in [-0.3, -0.25) is 5.10 Å². The second kappa shape index (κ2) is 6.42. The van der Waals surface area contributed by atoms with Gasteiger partial charge in [-0.15, -0.1) is 0 Å². The van der Waals surface area contributed by atoms with E-state index < -0.39 is 21.9 Å². The van der Waals surface area contributed by atoms with Crippen LogP contribution in [0.15, 0.2) is 53.4 Å². The summed E-state index contributed by atoms with van der Waals surface area (Å²) in [4.78, 5) is -0.339. The summed E-state index contributed by atoms with van der Waals surface area (Å²) in [5.74, 6) is 0. The number of aromatic amines is 1. The number of H-pyrrole nitrogens is 1. The van der Waals surface area contributed by atoms with E-state index in [1.165, 1.54) is 42.5 Å². The quantitative estimate of drug-likeness (QED) is 0.693. The molecule has 0 spiro atoms. The van der Waals surface area contributed by atoms with Crippen LogP contribution in [0.1, 0.15) is 5.69 Å². The van der Waals surface area contributed by atoms with E-state index in [9.17, 15) is 21.6 Å². The Morgan fingerprint density at radius 3 is 2.15 bits per heavy atom. The molecule has 3 rings (SSSR count). The second-order valence-electron chi connectivity index (χ2n) is 5.34. The Labute approximate surface area is 151 Å². The first-order chi connectivity index (χ1) is 12.1. The van der Waals surface area contributed by atoms with Crippen molar-refractivity contribution >= 4 is 21.6 Å². The number of nitrogens with one attached hydrogen (secondary N) is 1. The number of aromatic nitrogens is 2. The minimum Gasteiger partial charge on any atom is -0.272 e. The molecule has 5 nitrogen and oxygen atoms in total. The molecular formula is C16H11ClF3N3O2S. The van der Waals surface area contributed by atoms with Crippen molar-refractivity contribution in [3.05, 3.63) is 59.2 Å². The zero-order valence-corrected chi connectivity index (χ0v) is 14.5. The Hall–Kier alpha value is -2.36. The molecule has 1 aromatic heterocycles. The Kier molecular flexibility index (Phi) is 4.55. The molecule has 0 saturated heterocycles. The van der Waals surface area contributed by atoms with Crippen LogP contribution in [0.2, 0.25) is 5.02 Å². The summed E-state index contributed by atoms with van der Waals surface area (Å²) < 4.78 is 64.1. The smallest absolute Gasteiger partial charge is 0.272 e. The molecule has 1 heterocycles. The van der Waals surface area contributed by atoms with Crippen LogP contribution in [0, 0.1) is 0 Å². The Bertz CT molecular complexity index is 1080. The van der Waals surface area contributed by atoms with E-state index in [0.29, 0.717) is 0 Å². The Morgan fingerprint density at radius 1 is 1.00 bits per heavy atom. The van der Waals surface area contributed by atoms with Crippen LogP contribution < -0.4 is 5.14 Å². The lowest BCUT2D eigenvalue weighted by Gasteiger charge is -2.12. The number of hydrogen-bond acceptors (Lipinski definition) is 3. The van der Waals surface area contributed by atoms with Crippen LogP contribution in [0.25, 0.3) is 22.4 Å². The van der Waals surface area contributed by atoms with Gasteiger partial charge in [-0.25, -0.2) is 13.6 Å². The highest BCUT2D eigenvalue weighted by atomic mass is 35.5. The van der Waals surface area contributed by atoms with Crippen LogP contribution in [0.4, 0.5) is 13.2 Å². The van der Waals surface area contributed by atoms with Gasteiger partial charge in [0.1, 0.15) is 11.4 Å². The molecule has 26 heavy (non-hydrogen) atoms. The average Bonchev–Trinajstić information content (AvgIpc) is 2.99. The van der Waals surface area contributed by atoms with E-state index in [2.05, 4.69) is 5.10 Å². The summed E-state index contributed by atoms with van der Waals surface area (Å²) in [5, 5.41) is 10.9. The van der Waals surface area contributed by atoms with Gasteiger partial charge in [-0.2, -0.15) is 18.3 Å². The molecule has 10 heteroatoms. The summed E-state index contributed by atoms with van der Waals surface area (Å²) in [7, 11) is -4.19. The molecule has 0 atom stereocenters. The van der Waals surface area contributed by atoms with Gasteiger partial charge in [0.25, 0.3) is 0 Å². The lowest BCUT2D eigenvalue weighted by Crippen LogP contribution is -2.13. The monoisotopic (exact) mass is 401 g/mol. The zero-order valence-electron chi connectivity index (χ0n) is 12.9. The molecule has 0 saturated carbocycles. The van der Waals surface area contributed by atoms with Gasteiger partial charge >= 0.3 is 6.18 Å². The number of sulfonamides is 1. The topological polar surface area (TPSA) is 88.8 Å². The summed E-state index contributed by atoms with van der Waals surface area (Å²) in [6.07, 6.45) is -4.75. The number of nitrogens with zero attached hydrogens (tertiary/aromatic N) is 1. The van der Waals surface area contributed by atoms with Gasteiger partial charge in [-0.1, -0.05) is 48.0 Å². The summed E-state index contributed by atoms with van der Waals surface area (Å²) >= 11 is 6.07. The maximum absolute atomic E-state index is 13.5. The fourth-order valence-corrected chi connectivity index (χ4v) is 3.55. The fourth-order valence-electron chi connectivity index (χ4n) is 2.58. The molecule has 0 bridgehead atoms. The standard InChI is InChI=1S/C16H11ClF3N3O2S/c17-11-7-3-1-5-9(11)13-14(22-23-15(13)16(18,19)20)10-6-2-4-8-12(10)26(21,24)25/h1-8H,(H,22,23)(H2,21,24,25). The third kappa shape index (κ3) is 3.33. The summed E-state index contributed by atoms with van der Waals surface area (Å²) in [5.41, 5.74) is -1.69. The highest BCUT2D eigenvalue weighted by molar-refractivity contribution is 7.89. The predicted molar refractivity (Wildman–Crippen MR) is 90.8 cm³/mol. The van der Waals surface area contributed by atoms with Crippen molar-refractivity contribution in [3.8, 4) is 22.4 Å². The van der Waals surface area contributed by atoms with E-state index in [4.69, 9.17) is 16.7 Å². The van der Waals surface area contributed by atoms with Crippen LogP contribution in [0.5, 0.6) is 0 Å². The van der Waals surface area contributed by atoms with Crippen molar-refractivity contribution in [1.29, 1.82) is 0 Å². The average molecular weight is 402 g/mol. The molecule has 0 radical (unpaired) electrons. The largest absolute Gasteiger partial charge is 0.433 e. The zero-order chi connectivity index (χ0) is 19.1. The minimum atomic E-state index is -4.75. The van der Waals surface area contributed by atoms with Crippen molar-refractivity contribution in [2.24, 2.45) is 5.14 Å². The minimum absolute atomic E-state index is 0.0586. The molecule has 3 aromatic rings. The van der Waals surface area contributed by atoms with Crippen molar-refractivity contribution in [1.82, 2.24) is 10.2 Å². The lowest BCUT2D eigenvalue weighted by molar-refractivity contribution is -0.140. The number of primary sulfonamides is 1. The lowest BCUT2D eigenvalue weighted by atomic mass is 9.98. The van der Waals surface area contributed by atoms with E-state index in [-0.39, 0.29) is 32.3 Å². The molecule has 0 aliphatic carbocycles. The molecule has 0 amide bonds. The van der Waals surface area contributed by atoms with Crippen molar-refractivity contribution in [2.75, 3.05) is 0 Å². The maximum Gasteiger partial charge on any atom is 0.433 e. The third-order valence-electron chi connectivity index (χ3n) is 3.64. The molecule has 0 fully saturated rings. The van der Waals surface area contributed by atoms with Crippen LogP contribution in [-0.2, 0) is 16.2 Å². The number of benzene rings is 2. The Balaban J connectivity index is 2.40. The molecule has 2 aromatic carbocycles. The highest BCUT2D eigenvalue weighted by Gasteiger charge is 2.39. The van der Waals surface area contributed by atoms with E-state index in [1.54, 1.807) is 6.07 Å². The SMILES string of the molecule is NS(=O)(=O)c1ccccc1-c1n[nH]c(C(F)(F)F)c1-c1ccccc1Cl. The molecule has 0 aliphatic heterocycles. The number of alkyl halides is 3. The third-order valence-corrected chi connectivity index (χ3v) is 4.94. The van der Waals surface area contributed by atoms with Crippen molar-refractivity contribution in [3.63, 3.8) is 0 Å². The van der Waals surface area contributed by atoms with Gasteiger partial charge < -0.3 is 0 Å².